The number of β-amino-alcohol motifs (C(OH)–C–C–N with tert-alkyl or cyclic N) is 1. The number of halogens is 1. The lowest BCUT2D eigenvalue weighted by atomic mass is 10.1. The van der Waals surface area contributed by atoms with Gasteiger partial charge < -0.3 is 24.0 Å². The summed E-state index contributed by atoms with van der Waals surface area (Å²) in [7, 11) is 0. The van der Waals surface area contributed by atoms with E-state index < -0.39 is 5.60 Å². The molecular weight excluding hydrogens is 319 g/mol. The summed E-state index contributed by atoms with van der Waals surface area (Å²) in [5.41, 5.74) is -1.22. The lowest BCUT2D eigenvalue weighted by Crippen LogP contribution is -2.50. The van der Waals surface area contributed by atoms with E-state index in [4.69, 9.17) is 9.47 Å². The molecule has 1 aliphatic heterocycles. The first-order valence-corrected chi connectivity index (χ1v) is 7.44. The van der Waals surface area contributed by atoms with E-state index in [2.05, 4.69) is 9.68 Å². The molecule has 24 heavy (non-hydrogen) atoms. The van der Waals surface area contributed by atoms with Crippen molar-refractivity contribution in [1.29, 1.82) is 0 Å². The van der Waals surface area contributed by atoms with Crippen molar-refractivity contribution in [2.45, 2.75) is 5.60 Å². The molecule has 0 spiro atoms. The van der Waals surface area contributed by atoms with E-state index in [1.54, 1.807) is 0 Å². The fraction of sp³-hybridized carbons (Fsp3) is 0.375. The maximum Gasteiger partial charge on any atom is 0.276 e. The van der Waals surface area contributed by atoms with Crippen molar-refractivity contribution in [3.63, 3.8) is 0 Å². The quantitative estimate of drug-likeness (QED) is 0.900. The van der Waals surface area contributed by atoms with Crippen LogP contribution in [0.4, 0.5) is 4.39 Å². The van der Waals surface area contributed by atoms with Gasteiger partial charge in [-0.3, -0.25) is 4.79 Å². The average Bonchev–Trinajstić information content (AvgIpc) is 3.04. The topological polar surface area (TPSA) is 85.0 Å². The monoisotopic (exact) mass is 336 g/mol. The largest absolute Gasteiger partial charge is 0.490 e. The number of ether oxygens (including phenoxy) is 2. The van der Waals surface area contributed by atoms with Crippen LogP contribution >= 0.6 is 0 Å². The molecule has 1 aliphatic rings. The molecule has 8 heteroatoms. The number of hydrogen-bond donors (Lipinski definition) is 1. The van der Waals surface area contributed by atoms with Crippen molar-refractivity contribution < 1.29 is 28.3 Å². The van der Waals surface area contributed by atoms with E-state index in [1.165, 1.54) is 41.5 Å². The van der Waals surface area contributed by atoms with Gasteiger partial charge in [0.1, 0.15) is 30.0 Å². The zero-order chi connectivity index (χ0) is 17.0. The van der Waals surface area contributed by atoms with E-state index in [1.807, 2.05) is 0 Å². The van der Waals surface area contributed by atoms with Crippen molar-refractivity contribution >= 4 is 5.91 Å². The first kappa shape index (κ1) is 16.4. The van der Waals surface area contributed by atoms with Crippen LogP contribution in [-0.2, 0) is 4.74 Å². The highest BCUT2D eigenvalue weighted by Crippen LogP contribution is 2.18. The predicted molar refractivity (Wildman–Crippen MR) is 80.1 cm³/mol. The van der Waals surface area contributed by atoms with Gasteiger partial charge in [0.25, 0.3) is 5.91 Å². The summed E-state index contributed by atoms with van der Waals surface area (Å²) in [6, 6.07) is 6.93. The molecule has 2 heterocycles. The fourth-order valence-corrected chi connectivity index (χ4v) is 2.41. The molecule has 0 bridgehead atoms. The van der Waals surface area contributed by atoms with Gasteiger partial charge in [-0.2, -0.15) is 0 Å². The Kier molecular flexibility index (Phi) is 4.77. The Morgan fingerprint density at radius 3 is 2.88 bits per heavy atom. The molecule has 1 atom stereocenters. The molecular formula is C16H17FN2O5. The summed E-state index contributed by atoms with van der Waals surface area (Å²) in [6.45, 7) is 0.574. The van der Waals surface area contributed by atoms with Gasteiger partial charge in [-0.25, -0.2) is 4.39 Å². The van der Waals surface area contributed by atoms with Gasteiger partial charge in [-0.15, -0.1) is 0 Å². The van der Waals surface area contributed by atoms with Crippen LogP contribution in [0.15, 0.2) is 41.1 Å². The summed E-state index contributed by atoms with van der Waals surface area (Å²) < 4.78 is 28.5. The molecule has 1 N–H and O–H groups in total. The summed E-state index contributed by atoms with van der Waals surface area (Å²) in [5.74, 6) is -0.304. The second kappa shape index (κ2) is 6.98. The third-order valence-corrected chi connectivity index (χ3v) is 3.63. The number of carbonyl (C=O) groups is 1. The van der Waals surface area contributed by atoms with Gasteiger partial charge in [0, 0.05) is 12.6 Å². The van der Waals surface area contributed by atoms with Crippen LogP contribution < -0.4 is 4.74 Å². The highest BCUT2D eigenvalue weighted by Gasteiger charge is 2.36. The highest BCUT2D eigenvalue weighted by atomic mass is 19.1. The lowest BCUT2D eigenvalue weighted by molar-refractivity contribution is -0.0621. The Balaban J connectivity index is 1.66. The van der Waals surface area contributed by atoms with Gasteiger partial charge in [-0.1, -0.05) is 5.16 Å². The van der Waals surface area contributed by atoms with Gasteiger partial charge >= 0.3 is 0 Å². The Morgan fingerprint density at radius 2 is 2.17 bits per heavy atom. The molecule has 2 aromatic rings. The Bertz CT molecular complexity index is 676. The summed E-state index contributed by atoms with van der Waals surface area (Å²) in [6.07, 6.45) is 1.31. The molecule has 1 saturated heterocycles. The third kappa shape index (κ3) is 3.90. The molecule has 1 aromatic heterocycles. The van der Waals surface area contributed by atoms with Crippen molar-refractivity contribution in [2.75, 3.05) is 32.9 Å². The average molecular weight is 336 g/mol. The fourth-order valence-electron chi connectivity index (χ4n) is 2.41. The van der Waals surface area contributed by atoms with E-state index >= 15 is 0 Å². The third-order valence-electron chi connectivity index (χ3n) is 3.63. The smallest absolute Gasteiger partial charge is 0.276 e. The van der Waals surface area contributed by atoms with E-state index in [9.17, 15) is 14.3 Å². The molecule has 128 valence electrons. The zero-order valence-corrected chi connectivity index (χ0v) is 12.9. The van der Waals surface area contributed by atoms with Crippen LogP contribution in [0.25, 0.3) is 0 Å². The normalized spacial score (nSPS) is 21.3. The second-order valence-corrected chi connectivity index (χ2v) is 5.63. The molecule has 7 nitrogen and oxygen atoms in total. The van der Waals surface area contributed by atoms with Gasteiger partial charge in [0.05, 0.1) is 19.8 Å². The summed E-state index contributed by atoms with van der Waals surface area (Å²) in [5, 5.41) is 14.3. The molecule has 0 saturated carbocycles. The standard InChI is InChI=1S/C16H17FN2O5/c17-12-1-3-13(4-2-12)23-11-16(21)9-19(6-8-22-10-16)15(20)14-5-7-24-18-14/h1-5,7,21H,6,8-11H2/t16-/m0/s1. The second-order valence-electron chi connectivity index (χ2n) is 5.63. The number of amides is 1. The Labute approximate surface area is 137 Å². The van der Waals surface area contributed by atoms with Gasteiger partial charge in [-0.05, 0) is 24.3 Å². The predicted octanol–water partition coefficient (Wildman–Crippen LogP) is 1.10. The minimum Gasteiger partial charge on any atom is -0.490 e. The van der Waals surface area contributed by atoms with Crippen LogP contribution in [-0.4, -0.2) is 59.6 Å². The molecule has 1 aromatic carbocycles. The maximum absolute atomic E-state index is 12.9. The molecule has 1 amide bonds. The molecule has 0 aliphatic carbocycles. The van der Waals surface area contributed by atoms with Crippen LogP contribution in [0, 0.1) is 5.82 Å². The SMILES string of the molecule is O=C(c1ccon1)N1CCOC[C@](O)(COc2ccc(F)cc2)C1. The number of hydrogen-bond acceptors (Lipinski definition) is 6. The van der Waals surface area contributed by atoms with E-state index in [0.29, 0.717) is 18.9 Å². The Morgan fingerprint density at radius 1 is 1.38 bits per heavy atom. The number of aliphatic hydroxyl groups is 1. The minimum absolute atomic E-state index is 0.0246. The minimum atomic E-state index is -1.38. The van der Waals surface area contributed by atoms with Gasteiger partial charge in [0.2, 0.25) is 0 Å². The van der Waals surface area contributed by atoms with Gasteiger partial charge in [0.15, 0.2) is 5.69 Å². The molecule has 1 fully saturated rings. The van der Waals surface area contributed by atoms with Crippen molar-refractivity contribution in [3.05, 3.63) is 48.1 Å². The van der Waals surface area contributed by atoms with Crippen LogP contribution in [0.3, 0.4) is 0 Å². The number of nitrogens with zero attached hydrogens (tertiary/aromatic N) is 2. The van der Waals surface area contributed by atoms with Crippen LogP contribution in [0.2, 0.25) is 0 Å². The lowest BCUT2D eigenvalue weighted by Gasteiger charge is -2.30. The first-order chi connectivity index (χ1) is 11.6. The Hall–Kier alpha value is -2.45. The van der Waals surface area contributed by atoms with Crippen LogP contribution in [0.1, 0.15) is 10.5 Å². The molecule has 0 unspecified atom stereocenters. The van der Waals surface area contributed by atoms with E-state index in [-0.39, 0.29) is 37.2 Å². The zero-order valence-electron chi connectivity index (χ0n) is 12.9. The number of rotatable bonds is 4. The molecule has 3 rings (SSSR count). The van der Waals surface area contributed by atoms with Crippen molar-refractivity contribution in [2.24, 2.45) is 0 Å². The highest BCUT2D eigenvalue weighted by molar-refractivity contribution is 5.92. The number of benzene rings is 1. The van der Waals surface area contributed by atoms with E-state index in [0.717, 1.165) is 0 Å². The van der Waals surface area contributed by atoms with Crippen LogP contribution in [0.5, 0.6) is 5.75 Å². The van der Waals surface area contributed by atoms with Crippen molar-refractivity contribution in [3.8, 4) is 5.75 Å². The first-order valence-electron chi connectivity index (χ1n) is 7.44. The molecule has 0 radical (unpaired) electrons. The summed E-state index contributed by atoms with van der Waals surface area (Å²) in [4.78, 5) is 13.8. The maximum atomic E-state index is 12.9. The van der Waals surface area contributed by atoms with Crippen molar-refractivity contribution in [1.82, 2.24) is 10.1 Å². The number of carbonyl (C=O) groups excluding carboxylic acids is 1. The number of aromatic nitrogens is 1. The summed E-state index contributed by atoms with van der Waals surface area (Å²) >= 11 is 0.